The van der Waals surface area contributed by atoms with Crippen molar-refractivity contribution in [2.24, 2.45) is 0 Å². The third kappa shape index (κ3) is 3.18. The van der Waals surface area contributed by atoms with Crippen LogP contribution < -0.4 is 0 Å². The normalized spacial score (nSPS) is 21.0. The highest BCUT2D eigenvalue weighted by Gasteiger charge is 2.28. The lowest BCUT2D eigenvalue weighted by atomic mass is 10.1. The third-order valence-electron chi connectivity index (χ3n) is 4.04. The Hall–Kier alpha value is -1.79. The van der Waals surface area contributed by atoms with Gasteiger partial charge in [-0.1, -0.05) is 24.2 Å². The van der Waals surface area contributed by atoms with E-state index in [1.54, 1.807) is 12.1 Å². The summed E-state index contributed by atoms with van der Waals surface area (Å²) in [5.41, 5.74) is 0.984. The van der Waals surface area contributed by atoms with Crippen LogP contribution in [0.2, 0.25) is 0 Å². The molecule has 0 saturated carbocycles. The lowest BCUT2D eigenvalue weighted by molar-refractivity contribution is -0.0469. The fraction of sp³-hybridized carbons (Fsp3) is 0.500. The summed E-state index contributed by atoms with van der Waals surface area (Å²) >= 11 is 0. The molecule has 1 aromatic carbocycles. The number of ether oxygens (including phenoxy) is 1. The predicted molar refractivity (Wildman–Crippen MR) is 78.8 cm³/mol. The highest BCUT2D eigenvalue weighted by Crippen LogP contribution is 2.28. The molecule has 118 valence electrons. The maximum absolute atomic E-state index is 13.0. The molecular weight excluding hydrogens is 285 g/mol. The molecule has 0 radical (unpaired) electrons. The van der Waals surface area contributed by atoms with Gasteiger partial charge in [0.15, 0.2) is 5.82 Å². The Kier molecular flexibility index (Phi) is 4.49. The van der Waals surface area contributed by atoms with Crippen LogP contribution in [0, 0.1) is 5.82 Å². The zero-order chi connectivity index (χ0) is 15.5. The lowest BCUT2D eigenvalue weighted by Crippen LogP contribution is -2.40. The summed E-state index contributed by atoms with van der Waals surface area (Å²) in [7, 11) is 0. The molecule has 5 nitrogen and oxygen atoms in total. The molecule has 3 rings (SSSR count). The predicted octanol–water partition coefficient (Wildman–Crippen LogP) is 2.91. The summed E-state index contributed by atoms with van der Waals surface area (Å²) in [5.74, 6) is 1.13. The molecule has 0 unspecified atom stereocenters. The molecular formula is C16H20FN3O2. The largest absolute Gasteiger partial charge is 0.371 e. The van der Waals surface area contributed by atoms with Crippen LogP contribution in [-0.4, -0.2) is 34.7 Å². The average molecular weight is 305 g/mol. The zero-order valence-electron chi connectivity index (χ0n) is 12.8. The van der Waals surface area contributed by atoms with E-state index in [1.807, 2.05) is 6.92 Å². The standard InChI is InChI=1S/C16H20FN3O2/c1-3-15-18-16(22-19-15)11(2)20-8-9-21-14(10-20)12-4-6-13(17)7-5-12/h4-7,11,14H,3,8-10H2,1-2H3/t11-,14-/m1/s1. The molecule has 1 saturated heterocycles. The van der Waals surface area contributed by atoms with E-state index in [9.17, 15) is 4.39 Å². The third-order valence-corrected chi connectivity index (χ3v) is 4.04. The number of hydrogen-bond donors (Lipinski definition) is 0. The molecule has 6 heteroatoms. The van der Waals surface area contributed by atoms with Crippen LogP contribution in [-0.2, 0) is 11.2 Å². The van der Waals surface area contributed by atoms with Gasteiger partial charge in [-0.3, -0.25) is 4.90 Å². The Morgan fingerprint density at radius 3 is 2.82 bits per heavy atom. The van der Waals surface area contributed by atoms with E-state index in [0.717, 1.165) is 30.9 Å². The number of aromatic nitrogens is 2. The van der Waals surface area contributed by atoms with Crippen molar-refractivity contribution in [1.29, 1.82) is 0 Å². The van der Waals surface area contributed by atoms with E-state index in [0.29, 0.717) is 12.5 Å². The van der Waals surface area contributed by atoms with E-state index >= 15 is 0 Å². The zero-order valence-corrected chi connectivity index (χ0v) is 12.8. The minimum atomic E-state index is -0.234. The number of halogens is 1. The van der Waals surface area contributed by atoms with Crippen molar-refractivity contribution in [1.82, 2.24) is 15.0 Å². The second-order valence-electron chi connectivity index (χ2n) is 5.48. The van der Waals surface area contributed by atoms with Crippen LogP contribution in [0.5, 0.6) is 0 Å². The maximum Gasteiger partial charge on any atom is 0.243 e. The number of nitrogens with zero attached hydrogens (tertiary/aromatic N) is 3. The molecule has 0 amide bonds. The van der Waals surface area contributed by atoms with Gasteiger partial charge >= 0.3 is 0 Å². The van der Waals surface area contributed by atoms with E-state index in [-0.39, 0.29) is 18.0 Å². The van der Waals surface area contributed by atoms with Gasteiger partial charge in [0.1, 0.15) is 5.82 Å². The molecule has 0 aliphatic carbocycles. The van der Waals surface area contributed by atoms with Crippen molar-refractivity contribution < 1.29 is 13.7 Å². The summed E-state index contributed by atoms with van der Waals surface area (Å²) in [6, 6.07) is 6.52. The topological polar surface area (TPSA) is 51.4 Å². The Bertz CT molecular complexity index is 614. The minimum Gasteiger partial charge on any atom is -0.371 e. The molecule has 1 aliphatic heterocycles. The van der Waals surface area contributed by atoms with Crippen LogP contribution in [0.3, 0.4) is 0 Å². The smallest absolute Gasteiger partial charge is 0.243 e. The molecule has 0 spiro atoms. The van der Waals surface area contributed by atoms with Gasteiger partial charge < -0.3 is 9.26 Å². The van der Waals surface area contributed by atoms with Gasteiger partial charge in [-0.2, -0.15) is 4.98 Å². The van der Waals surface area contributed by atoms with Crippen LogP contribution in [0.4, 0.5) is 4.39 Å². The minimum absolute atomic E-state index is 0.0413. The van der Waals surface area contributed by atoms with Crippen molar-refractivity contribution >= 4 is 0 Å². The first-order chi connectivity index (χ1) is 10.7. The lowest BCUT2D eigenvalue weighted by Gasteiger charge is -2.35. The SMILES string of the molecule is CCc1noc([C@@H](C)N2CCO[C@@H](c3ccc(F)cc3)C2)n1. The monoisotopic (exact) mass is 305 g/mol. The summed E-state index contributed by atoms with van der Waals surface area (Å²) in [6.45, 7) is 6.21. The van der Waals surface area contributed by atoms with Gasteiger partial charge in [0.05, 0.1) is 18.8 Å². The average Bonchev–Trinajstić information content (AvgIpc) is 3.04. The van der Waals surface area contributed by atoms with E-state index in [2.05, 4.69) is 22.0 Å². The summed E-state index contributed by atoms with van der Waals surface area (Å²) in [4.78, 5) is 6.66. The van der Waals surface area contributed by atoms with Crippen molar-refractivity contribution in [3.05, 3.63) is 47.4 Å². The molecule has 2 atom stereocenters. The van der Waals surface area contributed by atoms with E-state index in [1.165, 1.54) is 12.1 Å². The Labute approximate surface area is 129 Å². The molecule has 2 heterocycles. The summed E-state index contributed by atoms with van der Waals surface area (Å²) in [5, 5.41) is 3.95. The molecule has 1 aliphatic rings. The van der Waals surface area contributed by atoms with Crippen LogP contribution >= 0.6 is 0 Å². The van der Waals surface area contributed by atoms with Crippen LogP contribution in [0.15, 0.2) is 28.8 Å². The number of hydrogen-bond acceptors (Lipinski definition) is 5. The first kappa shape index (κ1) is 15.1. The van der Waals surface area contributed by atoms with Crippen molar-refractivity contribution in [2.45, 2.75) is 32.4 Å². The van der Waals surface area contributed by atoms with Gasteiger partial charge in [-0.05, 0) is 24.6 Å². The van der Waals surface area contributed by atoms with Crippen molar-refractivity contribution in [3.8, 4) is 0 Å². The highest BCUT2D eigenvalue weighted by molar-refractivity contribution is 5.19. The van der Waals surface area contributed by atoms with Gasteiger partial charge in [-0.25, -0.2) is 4.39 Å². The van der Waals surface area contributed by atoms with Crippen LogP contribution in [0.1, 0.15) is 43.3 Å². The quantitative estimate of drug-likeness (QED) is 0.869. The van der Waals surface area contributed by atoms with Crippen molar-refractivity contribution in [2.75, 3.05) is 19.7 Å². The Morgan fingerprint density at radius 1 is 1.36 bits per heavy atom. The van der Waals surface area contributed by atoms with Gasteiger partial charge in [0.2, 0.25) is 5.89 Å². The molecule has 1 aromatic heterocycles. The number of benzene rings is 1. The van der Waals surface area contributed by atoms with Crippen LogP contribution in [0.25, 0.3) is 0 Å². The maximum atomic E-state index is 13.0. The number of morpholine rings is 1. The van der Waals surface area contributed by atoms with Crippen molar-refractivity contribution in [3.63, 3.8) is 0 Å². The Balaban J connectivity index is 1.70. The number of rotatable bonds is 4. The fourth-order valence-corrected chi connectivity index (χ4v) is 2.64. The second-order valence-corrected chi connectivity index (χ2v) is 5.48. The van der Waals surface area contributed by atoms with Gasteiger partial charge in [-0.15, -0.1) is 0 Å². The molecule has 2 aromatic rings. The number of aryl methyl sites for hydroxylation is 1. The fourth-order valence-electron chi connectivity index (χ4n) is 2.64. The highest BCUT2D eigenvalue weighted by atomic mass is 19.1. The van der Waals surface area contributed by atoms with E-state index < -0.39 is 0 Å². The van der Waals surface area contributed by atoms with Gasteiger partial charge in [0.25, 0.3) is 0 Å². The van der Waals surface area contributed by atoms with E-state index in [4.69, 9.17) is 9.26 Å². The summed E-state index contributed by atoms with van der Waals surface area (Å²) < 4.78 is 24.2. The second kappa shape index (κ2) is 6.54. The molecule has 22 heavy (non-hydrogen) atoms. The molecule has 0 N–H and O–H groups in total. The molecule has 1 fully saturated rings. The Morgan fingerprint density at radius 2 is 2.14 bits per heavy atom. The molecule has 0 bridgehead atoms. The first-order valence-electron chi connectivity index (χ1n) is 7.61. The van der Waals surface area contributed by atoms with Gasteiger partial charge in [0, 0.05) is 19.5 Å². The summed E-state index contributed by atoms with van der Waals surface area (Å²) in [6.07, 6.45) is 0.697. The first-order valence-corrected chi connectivity index (χ1v) is 7.61.